The van der Waals surface area contributed by atoms with E-state index in [0.717, 1.165) is 30.8 Å². The Labute approximate surface area is 88.4 Å². The van der Waals surface area contributed by atoms with Gasteiger partial charge in [0.2, 0.25) is 5.91 Å². The van der Waals surface area contributed by atoms with Crippen molar-refractivity contribution in [1.29, 1.82) is 5.26 Å². The van der Waals surface area contributed by atoms with E-state index in [0.29, 0.717) is 6.04 Å². The lowest BCUT2D eigenvalue weighted by Crippen LogP contribution is -2.41. The molecule has 2 aliphatic rings. The summed E-state index contributed by atoms with van der Waals surface area (Å²) in [5, 5.41) is 8.92. The van der Waals surface area contributed by atoms with Gasteiger partial charge < -0.3 is 4.90 Å². The quantitative estimate of drug-likeness (QED) is 0.689. The van der Waals surface area contributed by atoms with Crippen molar-refractivity contribution in [3.05, 3.63) is 0 Å². The highest BCUT2D eigenvalue weighted by atomic mass is 32.2. The van der Waals surface area contributed by atoms with Gasteiger partial charge in [-0.05, 0) is 25.0 Å². The SMILES string of the molecule is CN(C(=O)C1(C#N)CC1)C1CCSC1. The predicted molar refractivity (Wildman–Crippen MR) is 55.8 cm³/mol. The molecule has 0 spiro atoms. The van der Waals surface area contributed by atoms with Crippen LogP contribution in [0.3, 0.4) is 0 Å². The molecule has 0 aromatic carbocycles. The van der Waals surface area contributed by atoms with Crippen molar-refractivity contribution in [1.82, 2.24) is 4.90 Å². The summed E-state index contributed by atoms with van der Waals surface area (Å²) in [6.07, 6.45) is 2.59. The highest BCUT2D eigenvalue weighted by molar-refractivity contribution is 7.99. The Balaban J connectivity index is 2.01. The fourth-order valence-electron chi connectivity index (χ4n) is 1.83. The third kappa shape index (κ3) is 1.50. The van der Waals surface area contributed by atoms with Crippen LogP contribution in [0.5, 0.6) is 0 Å². The van der Waals surface area contributed by atoms with E-state index in [2.05, 4.69) is 6.07 Å². The molecule has 1 heterocycles. The number of carbonyl (C=O) groups excluding carboxylic acids is 1. The van der Waals surface area contributed by atoms with E-state index in [4.69, 9.17) is 5.26 Å². The summed E-state index contributed by atoms with van der Waals surface area (Å²) < 4.78 is 0. The molecule has 0 aromatic heterocycles. The van der Waals surface area contributed by atoms with Gasteiger partial charge in [-0.1, -0.05) is 0 Å². The van der Waals surface area contributed by atoms with E-state index >= 15 is 0 Å². The average Bonchev–Trinajstić information content (AvgIpc) is 2.82. The maximum atomic E-state index is 11.9. The number of rotatable bonds is 2. The lowest BCUT2D eigenvalue weighted by molar-refractivity contribution is -0.135. The fourth-order valence-corrected chi connectivity index (χ4v) is 3.10. The molecule has 0 bridgehead atoms. The summed E-state index contributed by atoms with van der Waals surface area (Å²) in [6.45, 7) is 0. The van der Waals surface area contributed by atoms with Crippen molar-refractivity contribution in [2.24, 2.45) is 5.41 Å². The van der Waals surface area contributed by atoms with Crippen molar-refractivity contribution >= 4 is 17.7 Å². The second kappa shape index (κ2) is 3.47. The van der Waals surface area contributed by atoms with Gasteiger partial charge in [-0.25, -0.2) is 0 Å². The Morgan fingerprint density at radius 3 is 2.79 bits per heavy atom. The summed E-state index contributed by atoms with van der Waals surface area (Å²) >= 11 is 1.89. The molecular weight excluding hydrogens is 196 g/mol. The van der Waals surface area contributed by atoms with Gasteiger partial charge in [0.15, 0.2) is 0 Å². The molecule has 2 fully saturated rings. The molecule has 2 rings (SSSR count). The van der Waals surface area contributed by atoms with Gasteiger partial charge in [0.1, 0.15) is 5.41 Å². The minimum Gasteiger partial charge on any atom is -0.341 e. The average molecular weight is 210 g/mol. The van der Waals surface area contributed by atoms with Crippen LogP contribution in [0, 0.1) is 16.7 Å². The second-order valence-electron chi connectivity index (χ2n) is 4.13. The first-order valence-electron chi connectivity index (χ1n) is 4.96. The summed E-state index contributed by atoms with van der Waals surface area (Å²) in [4.78, 5) is 13.7. The van der Waals surface area contributed by atoms with Crippen LogP contribution < -0.4 is 0 Å². The molecule has 76 valence electrons. The zero-order chi connectivity index (χ0) is 10.2. The van der Waals surface area contributed by atoms with E-state index in [1.165, 1.54) is 0 Å². The van der Waals surface area contributed by atoms with E-state index in [9.17, 15) is 4.79 Å². The number of hydrogen-bond donors (Lipinski definition) is 0. The lowest BCUT2D eigenvalue weighted by Gasteiger charge is -2.25. The van der Waals surface area contributed by atoms with E-state index in [1.54, 1.807) is 4.90 Å². The highest BCUT2D eigenvalue weighted by Crippen LogP contribution is 2.46. The van der Waals surface area contributed by atoms with Gasteiger partial charge >= 0.3 is 0 Å². The van der Waals surface area contributed by atoms with Gasteiger partial charge in [0.25, 0.3) is 0 Å². The van der Waals surface area contributed by atoms with Crippen molar-refractivity contribution in [3.8, 4) is 6.07 Å². The number of amides is 1. The maximum Gasteiger partial charge on any atom is 0.243 e. The summed E-state index contributed by atoms with van der Waals surface area (Å²) in [6, 6.07) is 2.52. The molecular formula is C10H14N2OS. The third-order valence-corrected chi connectivity index (χ3v) is 4.29. The number of nitrogens with zero attached hydrogens (tertiary/aromatic N) is 2. The topological polar surface area (TPSA) is 44.1 Å². The first kappa shape index (κ1) is 9.85. The van der Waals surface area contributed by atoms with Crippen molar-refractivity contribution in [2.75, 3.05) is 18.6 Å². The molecule has 3 nitrogen and oxygen atoms in total. The molecule has 1 aliphatic heterocycles. The maximum absolute atomic E-state index is 11.9. The Hall–Kier alpha value is -0.690. The lowest BCUT2D eigenvalue weighted by atomic mass is 10.1. The van der Waals surface area contributed by atoms with Gasteiger partial charge in [0.05, 0.1) is 6.07 Å². The van der Waals surface area contributed by atoms with E-state index in [1.807, 2.05) is 18.8 Å². The number of nitriles is 1. The van der Waals surface area contributed by atoms with Gasteiger partial charge in [0, 0.05) is 18.8 Å². The smallest absolute Gasteiger partial charge is 0.243 e. The van der Waals surface area contributed by atoms with Crippen LogP contribution in [0.15, 0.2) is 0 Å². The van der Waals surface area contributed by atoms with Crippen molar-refractivity contribution < 1.29 is 4.79 Å². The van der Waals surface area contributed by atoms with E-state index < -0.39 is 5.41 Å². The molecule has 0 radical (unpaired) electrons. The van der Waals surface area contributed by atoms with Crippen LogP contribution in [-0.2, 0) is 4.79 Å². The zero-order valence-electron chi connectivity index (χ0n) is 8.32. The number of carbonyl (C=O) groups is 1. The van der Waals surface area contributed by atoms with Crippen molar-refractivity contribution in [2.45, 2.75) is 25.3 Å². The van der Waals surface area contributed by atoms with Crippen LogP contribution in [-0.4, -0.2) is 35.4 Å². The standard InChI is InChI=1S/C10H14N2OS/c1-12(8-2-5-14-6-8)9(13)10(7-11)3-4-10/h8H,2-6H2,1H3. The first-order valence-corrected chi connectivity index (χ1v) is 6.11. The van der Waals surface area contributed by atoms with Crippen LogP contribution in [0.1, 0.15) is 19.3 Å². The first-order chi connectivity index (χ1) is 6.69. The number of hydrogen-bond acceptors (Lipinski definition) is 3. The summed E-state index contributed by atoms with van der Waals surface area (Å²) in [7, 11) is 1.84. The zero-order valence-corrected chi connectivity index (χ0v) is 9.14. The largest absolute Gasteiger partial charge is 0.341 e. The molecule has 14 heavy (non-hydrogen) atoms. The Bertz CT molecular complexity index is 287. The number of thioether (sulfide) groups is 1. The summed E-state index contributed by atoms with van der Waals surface area (Å²) in [5.74, 6) is 2.22. The minimum absolute atomic E-state index is 0.0486. The molecule has 1 atom stereocenters. The molecule has 0 N–H and O–H groups in total. The fraction of sp³-hybridized carbons (Fsp3) is 0.800. The summed E-state index contributed by atoms with van der Waals surface area (Å²) in [5.41, 5.74) is -0.637. The second-order valence-corrected chi connectivity index (χ2v) is 5.28. The third-order valence-electron chi connectivity index (χ3n) is 3.15. The molecule has 1 aliphatic carbocycles. The Morgan fingerprint density at radius 1 is 1.64 bits per heavy atom. The monoisotopic (exact) mass is 210 g/mol. The molecule has 4 heteroatoms. The van der Waals surface area contributed by atoms with Crippen LogP contribution in [0.25, 0.3) is 0 Å². The molecule has 1 amide bonds. The van der Waals surface area contributed by atoms with E-state index in [-0.39, 0.29) is 5.91 Å². The Kier molecular flexibility index (Phi) is 2.44. The van der Waals surface area contributed by atoms with Crippen LogP contribution >= 0.6 is 11.8 Å². The normalized spacial score (nSPS) is 28.1. The predicted octanol–water partition coefficient (Wildman–Crippen LogP) is 1.25. The Morgan fingerprint density at radius 2 is 2.36 bits per heavy atom. The molecule has 1 saturated heterocycles. The molecule has 0 aromatic rings. The molecule has 1 saturated carbocycles. The molecule has 1 unspecified atom stereocenters. The van der Waals surface area contributed by atoms with Crippen LogP contribution in [0.2, 0.25) is 0 Å². The van der Waals surface area contributed by atoms with Gasteiger partial charge in [-0.2, -0.15) is 17.0 Å². The van der Waals surface area contributed by atoms with Crippen molar-refractivity contribution in [3.63, 3.8) is 0 Å². The van der Waals surface area contributed by atoms with Gasteiger partial charge in [-0.3, -0.25) is 4.79 Å². The minimum atomic E-state index is -0.637. The van der Waals surface area contributed by atoms with Crippen LogP contribution in [0.4, 0.5) is 0 Å². The highest BCUT2D eigenvalue weighted by Gasteiger charge is 2.52. The van der Waals surface area contributed by atoms with Gasteiger partial charge in [-0.15, -0.1) is 0 Å².